The number of amides is 1. The van der Waals surface area contributed by atoms with Crippen molar-refractivity contribution in [1.29, 1.82) is 0 Å². The predicted molar refractivity (Wildman–Crippen MR) is 73.6 cm³/mol. The topological polar surface area (TPSA) is 35.6 Å². The molecule has 0 saturated carbocycles. The number of hydrogen-bond acceptors (Lipinski definition) is 3. The van der Waals surface area contributed by atoms with Crippen LogP contribution in [-0.4, -0.2) is 61.0 Å². The van der Waals surface area contributed by atoms with E-state index in [0.717, 1.165) is 45.7 Å². The minimum absolute atomic E-state index is 0.347. The van der Waals surface area contributed by atoms with E-state index in [4.69, 9.17) is 0 Å². The summed E-state index contributed by atoms with van der Waals surface area (Å²) < 4.78 is 0. The van der Waals surface area contributed by atoms with Crippen molar-refractivity contribution in [2.75, 3.05) is 39.3 Å². The van der Waals surface area contributed by atoms with E-state index < -0.39 is 0 Å². The van der Waals surface area contributed by atoms with E-state index in [9.17, 15) is 4.79 Å². The van der Waals surface area contributed by atoms with Crippen LogP contribution < -0.4 is 5.32 Å². The molecule has 1 amide bonds. The molecule has 104 valence electrons. The summed E-state index contributed by atoms with van der Waals surface area (Å²) in [5.41, 5.74) is 0. The van der Waals surface area contributed by atoms with Gasteiger partial charge in [-0.3, -0.25) is 4.79 Å². The van der Waals surface area contributed by atoms with Crippen LogP contribution in [0.2, 0.25) is 0 Å². The second-order valence-corrected chi connectivity index (χ2v) is 5.47. The van der Waals surface area contributed by atoms with Crippen LogP contribution in [0.3, 0.4) is 0 Å². The summed E-state index contributed by atoms with van der Waals surface area (Å²) in [7, 11) is 0. The number of carbonyl (C=O) groups excluding carboxylic acids is 1. The summed E-state index contributed by atoms with van der Waals surface area (Å²) in [4.78, 5) is 16.6. The zero-order chi connectivity index (χ0) is 12.8. The van der Waals surface area contributed by atoms with Crippen LogP contribution in [0.5, 0.6) is 0 Å². The van der Waals surface area contributed by atoms with Gasteiger partial charge in [-0.15, -0.1) is 0 Å². The molecule has 2 aliphatic heterocycles. The van der Waals surface area contributed by atoms with Crippen LogP contribution in [0.4, 0.5) is 0 Å². The fourth-order valence-corrected chi connectivity index (χ4v) is 3.10. The van der Waals surface area contributed by atoms with E-state index in [0.29, 0.717) is 18.4 Å². The van der Waals surface area contributed by atoms with Crippen molar-refractivity contribution in [1.82, 2.24) is 15.1 Å². The summed E-state index contributed by atoms with van der Waals surface area (Å²) in [6, 6.07) is 0.501. The van der Waals surface area contributed by atoms with Crippen LogP contribution in [0.25, 0.3) is 0 Å². The summed E-state index contributed by atoms with van der Waals surface area (Å²) in [6.07, 6.45) is 5.50. The Morgan fingerprint density at radius 1 is 1.22 bits per heavy atom. The first-order valence-electron chi connectivity index (χ1n) is 7.54. The maximum atomic E-state index is 11.9. The molecule has 0 bridgehead atoms. The minimum Gasteiger partial charge on any atom is -0.340 e. The summed E-state index contributed by atoms with van der Waals surface area (Å²) >= 11 is 0. The number of nitrogens with zero attached hydrogens (tertiary/aromatic N) is 2. The fraction of sp³-hybridized carbons (Fsp3) is 0.929. The average molecular weight is 253 g/mol. The van der Waals surface area contributed by atoms with Gasteiger partial charge in [0.1, 0.15) is 0 Å². The first kappa shape index (κ1) is 13.8. The molecule has 18 heavy (non-hydrogen) atoms. The molecule has 2 fully saturated rings. The lowest BCUT2D eigenvalue weighted by molar-refractivity contribution is -0.134. The maximum Gasteiger partial charge on any atom is 0.222 e. The third kappa shape index (κ3) is 3.69. The van der Waals surface area contributed by atoms with Crippen LogP contribution in [0.1, 0.15) is 39.0 Å². The Balaban J connectivity index is 1.79. The predicted octanol–water partition coefficient (Wildman–Crippen LogP) is 1.07. The molecule has 0 radical (unpaired) electrons. The molecule has 2 aliphatic rings. The van der Waals surface area contributed by atoms with E-state index in [1.165, 1.54) is 19.3 Å². The molecule has 0 aromatic rings. The summed E-state index contributed by atoms with van der Waals surface area (Å²) in [6.45, 7) is 8.66. The monoisotopic (exact) mass is 253 g/mol. The molecule has 4 nitrogen and oxygen atoms in total. The lowest BCUT2D eigenvalue weighted by Gasteiger charge is -2.37. The SMILES string of the molecule is CCC(=O)N1CCCCC1CCN1CCNCC1. The maximum absolute atomic E-state index is 11.9. The molecule has 0 aliphatic carbocycles. The number of hydrogen-bond donors (Lipinski definition) is 1. The Hall–Kier alpha value is -0.610. The largest absolute Gasteiger partial charge is 0.340 e. The van der Waals surface area contributed by atoms with Gasteiger partial charge >= 0.3 is 0 Å². The zero-order valence-corrected chi connectivity index (χ0v) is 11.7. The van der Waals surface area contributed by atoms with Crippen LogP contribution >= 0.6 is 0 Å². The molecule has 1 N–H and O–H groups in total. The third-order valence-corrected chi connectivity index (χ3v) is 4.24. The Morgan fingerprint density at radius 3 is 2.72 bits per heavy atom. The molecule has 0 spiro atoms. The van der Waals surface area contributed by atoms with Gasteiger partial charge in [-0.05, 0) is 25.7 Å². The summed E-state index contributed by atoms with van der Waals surface area (Å²) in [5, 5.41) is 3.38. The Bertz CT molecular complexity index is 264. The molecular weight excluding hydrogens is 226 g/mol. The highest BCUT2D eigenvalue weighted by Crippen LogP contribution is 2.20. The molecule has 2 heterocycles. The van der Waals surface area contributed by atoms with Gasteiger partial charge in [-0.2, -0.15) is 0 Å². The number of likely N-dealkylation sites (tertiary alicyclic amines) is 1. The first-order valence-corrected chi connectivity index (χ1v) is 7.54. The minimum atomic E-state index is 0.347. The van der Waals surface area contributed by atoms with Crippen LogP contribution in [0, 0.1) is 0 Å². The first-order chi connectivity index (χ1) is 8.81. The third-order valence-electron chi connectivity index (χ3n) is 4.24. The Kier molecular flexibility index (Phi) is 5.45. The molecule has 1 unspecified atom stereocenters. The highest BCUT2D eigenvalue weighted by molar-refractivity contribution is 5.76. The van der Waals surface area contributed by atoms with Gasteiger partial charge in [0.05, 0.1) is 0 Å². The van der Waals surface area contributed by atoms with Crippen molar-refractivity contribution >= 4 is 5.91 Å². The van der Waals surface area contributed by atoms with Crippen molar-refractivity contribution < 1.29 is 4.79 Å². The lowest BCUT2D eigenvalue weighted by Crippen LogP contribution is -2.47. The molecule has 0 aromatic carbocycles. The van der Waals surface area contributed by atoms with E-state index in [2.05, 4.69) is 15.1 Å². The second-order valence-electron chi connectivity index (χ2n) is 5.47. The number of carbonyl (C=O) groups is 1. The van der Waals surface area contributed by atoms with Gasteiger partial charge in [-0.25, -0.2) is 0 Å². The fourth-order valence-electron chi connectivity index (χ4n) is 3.10. The Morgan fingerprint density at radius 2 is 2.00 bits per heavy atom. The van der Waals surface area contributed by atoms with E-state index in [-0.39, 0.29) is 0 Å². The highest BCUT2D eigenvalue weighted by atomic mass is 16.2. The van der Waals surface area contributed by atoms with Gasteiger partial charge in [0.25, 0.3) is 0 Å². The summed E-state index contributed by atoms with van der Waals surface area (Å²) in [5.74, 6) is 0.347. The van der Waals surface area contributed by atoms with Gasteiger partial charge < -0.3 is 15.1 Å². The molecule has 4 heteroatoms. The Labute approximate surface area is 111 Å². The van der Waals surface area contributed by atoms with Crippen molar-refractivity contribution in [3.8, 4) is 0 Å². The van der Waals surface area contributed by atoms with Crippen molar-refractivity contribution in [3.63, 3.8) is 0 Å². The normalized spacial score (nSPS) is 26.3. The molecular formula is C14H27N3O. The van der Waals surface area contributed by atoms with Gasteiger partial charge in [0, 0.05) is 51.7 Å². The second kappa shape index (κ2) is 7.10. The number of piperidine rings is 1. The zero-order valence-electron chi connectivity index (χ0n) is 11.7. The van der Waals surface area contributed by atoms with Gasteiger partial charge in [-0.1, -0.05) is 6.92 Å². The molecule has 2 rings (SSSR count). The standard InChI is InChI=1S/C14H27N3O/c1-2-14(18)17-9-4-3-5-13(17)6-10-16-11-7-15-8-12-16/h13,15H,2-12H2,1H3. The van der Waals surface area contributed by atoms with Crippen molar-refractivity contribution in [2.45, 2.75) is 45.1 Å². The smallest absolute Gasteiger partial charge is 0.222 e. The van der Waals surface area contributed by atoms with Gasteiger partial charge in [0.15, 0.2) is 0 Å². The van der Waals surface area contributed by atoms with Crippen molar-refractivity contribution in [2.24, 2.45) is 0 Å². The number of rotatable bonds is 4. The lowest BCUT2D eigenvalue weighted by atomic mass is 9.98. The number of piperazine rings is 1. The van der Waals surface area contributed by atoms with Crippen LogP contribution in [0.15, 0.2) is 0 Å². The van der Waals surface area contributed by atoms with E-state index in [1.807, 2.05) is 6.92 Å². The quantitative estimate of drug-likeness (QED) is 0.814. The van der Waals surface area contributed by atoms with Crippen LogP contribution in [-0.2, 0) is 4.79 Å². The average Bonchev–Trinajstić information content (AvgIpc) is 2.45. The van der Waals surface area contributed by atoms with Crippen molar-refractivity contribution in [3.05, 3.63) is 0 Å². The van der Waals surface area contributed by atoms with Gasteiger partial charge in [0.2, 0.25) is 5.91 Å². The van der Waals surface area contributed by atoms with E-state index >= 15 is 0 Å². The highest BCUT2D eigenvalue weighted by Gasteiger charge is 2.25. The molecule has 1 atom stereocenters. The molecule has 2 saturated heterocycles. The molecule has 0 aromatic heterocycles. The van der Waals surface area contributed by atoms with E-state index in [1.54, 1.807) is 0 Å². The number of nitrogens with one attached hydrogen (secondary N) is 1.